The molecule has 2 rings (SSSR count). The number of hydrogen-bond acceptors (Lipinski definition) is 2. The van der Waals surface area contributed by atoms with E-state index >= 15 is 0 Å². The Hall–Kier alpha value is -1.56. The molecule has 0 aromatic heterocycles. The summed E-state index contributed by atoms with van der Waals surface area (Å²) < 4.78 is 37.8. The SMILES string of the molecule is CC(=O)N1CCCN(C(C)c2ccc(C(F)(F)F)cc2)CC1. The van der Waals surface area contributed by atoms with Gasteiger partial charge in [0, 0.05) is 39.1 Å². The van der Waals surface area contributed by atoms with Crippen molar-refractivity contribution < 1.29 is 18.0 Å². The van der Waals surface area contributed by atoms with Gasteiger partial charge in [0.1, 0.15) is 0 Å². The second-order valence-corrected chi connectivity index (χ2v) is 5.69. The van der Waals surface area contributed by atoms with Gasteiger partial charge in [-0.1, -0.05) is 12.1 Å². The van der Waals surface area contributed by atoms with Crippen molar-refractivity contribution in [2.24, 2.45) is 0 Å². The summed E-state index contributed by atoms with van der Waals surface area (Å²) in [5.41, 5.74) is 0.242. The normalized spacial score (nSPS) is 18.9. The lowest BCUT2D eigenvalue weighted by Crippen LogP contribution is -2.34. The molecule has 6 heteroatoms. The highest BCUT2D eigenvalue weighted by atomic mass is 19.4. The summed E-state index contributed by atoms with van der Waals surface area (Å²) in [7, 11) is 0. The first-order valence-electron chi connectivity index (χ1n) is 7.46. The molecule has 1 saturated heterocycles. The number of carbonyl (C=O) groups excluding carboxylic acids is 1. The molecule has 1 amide bonds. The maximum absolute atomic E-state index is 12.6. The zero-order chi connectivity index (χ0) is 16.3. The lowest BCUT2D eigenvalue weighted by atomic mass is 10.0. The first-order valence-corrected chi connectivity index (χ1v) is 7.46. The Morgan fingerprint density at radius 1 is 1.09 bits per heavy atom. The van der Waals surface area contributed by atoms with Gasteiger partial charge in [-0.25, -0.2) is 0 Å². The summed E-state index contributed by atoms with van der Waals surface area (Å²) in [4.78, 5) is 15.5. The molecule has 1 aromatic rings. The van der Waals surface area contributed by atoms with Gasteiger partial charge >= 0.3 is 6.18 Å². The minimum Gasteiger partial charge on any atom is -0.342 e. The summed E-state index contributed by atoms with van der Waals surface area (Å²) >= 11 is 0. The fourth-order valence-corrected chi connectivity index (χ4v) is 2.80. The number of alkyl halides is 3. The van der Waals surface area contributed by atoms with Gasteiger partial charge in [-0.15, -0.1) is 0 Å². The van der Waals surface area contributed by atoms with Crippen LogP contribution >= 0.6 is 0 Å². The molecule has 0 bridgehead atoms. The van der Waals surface area contributed by atoms with Crippen molar-refractivity contribution in [2.45, 2.75) is 32.5 Å². The molecule has 122 valence electrons. The van der Waals surface area contributed by atoms with Crippen LogP contribution in [0, 0.1) is 0 Å². The topological polar surface area (TPSA) is 23.6 Å². The minimum atomic E-state index is -4.30. The average molecular weight is 314 g/mol. The van der Waals surface area contributed by atoms with Crippen molar-refractivity contribution in [3.8, 4) is 0 Å². The van der Waals surface area contributed by atoms with E-state index in [1.807, 2.05) is 11.8 Å². The smallest absolute Gasteiger partial charge is 0.342 e. The van der Waals surface area contributed by atoms with Crippen LogP contribution in [0.25, 0.3) is 0 Å². The average Bonchev–Trinajstić information content (AvgIpc) is 2.71. The molecular formula is C16H21F3N2O. The van der Waals surface area contributed by atoms with Gasteiger partial charge in [-0.2, -0.15) is 13.2 Å². The van der Waals surface area contributed by atoms with E-state index in [-0.39, 0.29) is 11.9 Å². The van der Waals surface area contributed by atoms with Crippen molar-refractivity contribution in [3.05, 3.63) is 35.4 Å². The van der Waals surface area contributed by atoms with E-state index in [0.717, 1.165) is 43.8 Å². The molecule has 1 heterocycles. The van der Waals surface area contributed by atoms with E-state index in [4.69, 9.17) is 0 Å². The van der Waals surface area contributed by atoms with Gasteiger partial charge in [0.25, 0.3) is 0 Å². The molecule has 1 atom stereocenters. The van der Waals surface area contributed by atoms with E-state index in [1.165, 1.54) is 0 Å². The predicted molar refractivity (Wildman–Crippen MR) is 78.3 cm³/mol. The molecule has 22 heavy (non-hydrogen) atoms. The van der Waals surface area contributed by atoms with Crippen LogP contribution in [0.15, 0.2) is 24.3 Å². The summed E-state index contributed by atoms with van der Waals surface area (Å²) in [5, 5.41) is 0. The van der Waals surface area contributed by atoms with E-state index < -0.39 is 11.7 Å². The lowest BCUT2D eigenvalue weighted by molar-refractivity contribution is -0.137. The molecule has 0 saturated carbocycles. The van der Waals surface area contributed by atoms with Gasteiger partial charge in [0.15, 0.2) is 0 Å². The Balaban J connectivity index is 2.05. The standard InChI is InChI=1S/C16H21F3N2O/c1-12(14-4-6-15(7-5-14)16(17,18)19)20-8-3-9-21(11-10-20)13(2)22/h4-7,12H,3,8-11H2,1-2H3. The highest BCUT2D eigenvalue weighted by Gasteiger charge is 2.30. The fraction of sp³-hybridized carbons (Fsp3) is 0.562. The zero-order valence-corrected chi connectivity index (χ0v) is 12.9. The highest BCUT2D eigenvalue weighted by molar-refractivity contribution is 5.73. The molecule has 3 nitrogen and oxygen atoms in total. The Bertz CT molecular complexity index is 513. The van der Waals surface area contributed by atoms with Crippen LogP contribution in [0.1, 0.15) is 37.4 Å². The molecule has 0 radical (unpaired) electrons. The third-order valence-corrected chi connectivity index (χ3v) is 4.24. The number of carbonyl (C=O) groups is 1. The van der Waals surface area contributed by atoms with E-state index in [1.54, 1.807) is 19.1 Å². The Labute approximate surface area is 128 Å². The minimum absolute atomic E-state index is 0.0363. The molecule has 1 aliphatic rings. The van der Waals surface area contributed by atoms with Gasteiger partial charge in [0.2, 0.25) is 5.91 Å². The van der Waals surface area contributed by atoms with Crippen LogP contribution in [0.5, 0.6) is 0 Å². The molecule has 1 aliphatic heterocycles. The van der Waals surface area contributed by atoms with Crippen molar-refractivity contribution in [2.75, 3.05) is 26.2 Å². The van der Waals surface area contributed by atoms with Crippen LogP contribution in [-0.2, 0) is 11.0 Å². The molecule has 1 unspecified atom stereocenters. The summed E-state index contributed by atoms with van der Waals surface area (Å²) in [6, 6.07) is 5.38. The molecule has 1 fully saturated rings. The summed E-state index contributed by atoms with van der Waals surface area (Å²) in [6.45, 7) is 6.54. The number of amides is 1. The monoisotopic (exact) mass is 314 g/mol. The lowest BCUT2D eigenvalue weighted by Gasteiger charge is -2.28. The first-order chi connectivity index (χ1) is 10.3. The first kappa shape index (κ1) is 16.8. The number of benzene rings is 1. The van der Waals surface area contributed by atoms with Crippen LogP contribution in [0.4, 0.5) is 13.2 Å². The third-order valence-electron chi connectivity index (χ3n) is 4.24. The summed E-state index contributed by atoms with van der Waals surface area (Å²) in [5.74, 6) is 0.0732. The summed E-state index contributed by atoms with van der Waals surface area (Å²) in [6.07, 6.45) is -3.42. The van der Waals surface area contributed by atoms with Gasteiger partial charge in [-0.3, -0.25) is 9.69 Å². The van der Waals surface area contributed by atoms with Crippen molar-refractivity contribution in [3.63, 3.8) is 0 Å². The quantitative estimate of drug-likeness (QED) is 0.836. The van der Waals surface area contributed by atoms with E-state index in [0.29, 0.717) is 6.54 Å². The Morgan fingerprint density at radius 3 is 2.27 bits per heavy atom. The number of nitrogens with zero attached hydrogens (tertiary/aromatic N) is 2. The molecule has 0 spiro atoms. The van der Waals surface area contributed by atoms with Crippen molar-refractivity contribution >= 4 is 5.91 Å². The van der Waals surface area contributed by atoms with E-state index in [2.05, 4.69) is 4.90 Å². The molecule has 0 N–H and O–H groups in total. The second kappa shape index (κ2) is 6.69. The third kappa shape index (κ3) is 4.00. The van der Waals surface area contributed by atoms with E-state index in [9.17, 15) is 18.0 Å². The molecular weight excluding hydrogens is 293 g/mol. The second-order valence-electron chi connectivity index (χ2n) is 5.69. The Morgan fingerprint density at radius 2 is 1.73 bits per heavy atom. The largest absolute Gasteiger partial charge is 0.416 e. The molecule has 1 aromatic carbocycles. The van der Waals surface area contributed by atoms with Gasteiger partial charge < -0.3 is 4.90 Å². The number of rotatable bonds is 2. The number of halogens is 3. The van der Waals surface area contributed by atoms with Gasteiger partial charge in [0.05, 0.1) is 5.56 Å². The predicted octanol–water partition coefficient (Wildman–Crippen LogP) is 3.32. The molecule has 0 aliphatic carbocycles. The fourth-order valence-electron chi connectivity index (χ4n) is 2.80. The number of hydrogen-bond donors (Lipinski definition) is 0. The van der Waals surface area contributed by atoms with Crippen LogP contribution in [-0.4, -0.2) is 41.9 Å². The highest BCUT2D eigenvalue weighted by Crippen LogP contribution is 2.31. The zero-order valence-electron chi connectivity index (χ0n) is 12.9. The maximum Gasteiger partial charge on any atom is 0.416 e. The Kier molecular flexibility index (Phi) is 5.11. The van der Waals surface area contributed by atoms with Crippen LogP contribution in [0.3, 0.4) is 0 Å². The van der Waals surface area contributed by atoms with Crippen LogP contribution < -0.4 is 0 Å². The maximum atomic E-state index is 12.6. The van der Waals surface area contributed by atoms with Crippen molar-refractivity contribution in [1.29, 1.82) is 0 Å². The van der Waals surface area contributed by atoms with Crippen molar-refractivity contribution in [1.82, 2.24) is 9.80 Å². The van der Waals surface area contributed by atoms with Crippen LogP contribution in [0.2, 0.25) is 0 Å². The van der Waals surface area contributed by atoms with Gasteiger partial charge in [-0.05, 0) is 31.0 Å².